The van der Waals surface area contributed by atoms with E-state index in [1.165, 1.54) is 12.8 Å². The van der Waals surface area contributed by atoms with Crippen LogP contribution in [0.15, 0.2) is 28.7 Å². The zero-order valence-corrected chi connectivity index (χ0v) is 17.2. The van der Waals surface area contributed by atoms with E-state index in [-0.39, 0.29) is 5.92 Å². The fraction of sp³-hybridized carbons (Fsp3) is 0.652. The summed E-state index contributed by atoms with van der Waals surface area (Å²) in [6, 6.07) is 9.70. The number of nitrogens with one attached hydrogen (secondary N) is 1. The smallest absolute Gasteiger partial charge is 0.298 e. The lowest BCUT2D eigenvalue weighted by Gasteiger charge is -2.41. The molecule has 3 fully saturated rings. The molecule has 2 aromatic rings. The molecule has 2 saturated heterocycles. The third-order valence-corrected chi connectivity index (χ3v) is 7.06. The van der Waals surface area contributed by atoms with Gasteiger partial charge in [0.15, 0.2) is 5.58 Å². The van der Waals surface area contributed by atoms with Crippen molar-refractivity contribution in [3.8, 4) is 0 Å². The molecular formula is C23H32N4O2. The number of fused-ring (bicyclic) bond motifs is 1. The molecule has 6 heteroatoms. The molecule has 6 nitrogen and oxygen atoms in total. The van der Waals surface area contributed by atoms with Crippen molar-refractivity contribution in [2.75, 3.05) is 31.1 Å². The molecular weight excluding hydrogens is 364 g/mol. The molecule has 0 bridgehead atoms. The monoisotopic (exact) mass is 396 g/mol. The van der Waals surface area contributed by atoms with Crippen LogP contribution in [0.25, 0.3) is 11.1 Å². The topological polar surface area (TPSA) is 61.6 Å². The maximum Gasteiger partial charge on any atom is 0.298 e. The number of nitrogens with zero attached hydrogens (tertiary/aromatic N) is 3. The SMILES string of the molecule is O=C(NC1CCCC1)[C@H]1CCCN(C2CCN(c3nc4ccccc4o3)CC2)C1. The van der Waals surface area contributed by atoms with E-state index in [1.807, 2.05) is 24.3 Å². The van der Waals surface area contributed by atoms with Gasteiger partial charge in [0.2, 0.25) is 5.91 Å². The van der Waals surface area contributed by atoms with Crippen LogP contribution >= 0.6 is 0 Å². The minimum Gasteiger partial charge on any atom is -0.423 e. The highest BCUT2D eigenvalue weighted by Gasteiger charge is 2.33. The van der Waals surface area contributed by atoms with Crippen LogP contribution < -0.4 is 10.2 Å². The number of hydrogen-bond donors (Lipinski definition) is 1. The molecule has 3 aliphatic rings. The molecule has 1 saturated carbocycles. The zero-order valence-electron chi connectivity index (χ0n) is 17.2. The van der Waals surface area contributed by atoms with Crippen LogP contribution in [0, 0.1) is 5.92 Å². The Morgan fingerprint density at radius 1 is 1.00 bits per heavy atom. The van der Waals surface area contributed by atoms with Gasteiger partial charge in [-0.15, -0.1) is 0 Å². The maximum absolute atomic E-state index is 12.7. The van der Waals surface area contributed by atoms with E-state index in [4.69, 9.17) is 4.42 Å². The van der Waals surface area contributed by atoms with Gasteiger partial charge in [0.1, 0.15) is 5.52 Å². The average Bonchev–Trinajstić information content (AvgIpc) is 3.43. The van der Waals surface area contributed by atoms with Crippen LogP contribution in [0.3, 0.4) is 0 Å². The van der Waals surface area contributed by atoms with Crippen molar-refractivity contribution in [1.29, 1.82) is 0 Å². The fourth-order valence-corrected chi connectivity index (χ4v) is 5.36. The van der Waals surface area contributed by atoms with Crippen molar-refractivity contribution < 1.29 is 9.21 Å². The minimum atomic E-state index is 0.166. The predicted octanol–water partition coefficient (Wildman–Crippen LogP) is 3.57. The Hall–Kier alpha value is -2.08. The van der Waals surface area contributed by atoms with Crippen LogP contribution in [0.2, 0.25) is 0 Å². The molecule has 5 rings (SSSR count). The molecule has 0 radical (unpaired) electrons. The molecule has 1 aliphatic carbocycles. The molecule has 1 aromatic carbocycles. The van der Waals surface area contributed by atoms with Gasteiger partial charge in [0.25, 0.3) is 6.01 Å². The number of para-hydroxylation sites is 2. The number of aromatic nitrogens is 1. The molecule has 1 atom stereocenters. The van der Waals surface area contributed by atoms with Gasteiger partial charge < -0.3 is 14.6 Å². The van der Waals surface area contributed by atoms with E-state index < -0.39 is 0 Å². The van der Waals surface area contributed by atoms with Gasteiger partial charge >= 0.3 is 0 Å². The summed E-state index contributed by atoms with van der Waals surface area (Å²) in [5.74, 6) is 0.463. The molecule has 29 heavy (non-hydrogen) atoms. The van der Waals surface area contributed by atoms with E-state index >= 15 is 0 Å². The lowest BCUT2D eigenvalue weighted by Crippen LogP contribution is -2.51. The standard InChI is InChI=1S/C23H32N4O2/c28-22(24-18-7-1-2-8-18)17-6-5-13-27(16-17)19-11-14-26(15-12-19)23-25-20-9-3-4-10-21(20)29-23/h3-4,9-10,17-19H,1-2,5-8,11-16H2,(H,24,28)/t17-/m0/s1. The number of benzene rings is 1. The first-order chi connectivity index (χ1) is 14.3. The van der Waals surface area contributed by atoms with E-state index in [0.29, 0.717) is 18.0 Å². The Morgan fingerprint density at radius 2 is 1.79 bits per heavy atom. The number of carbonyl (C=O) groups excluding carboxylic acids is 1. The summed E-state index contributed by atoms with van der Waals surface area (Å²) in [6.07, 6.45) is 9.24. The van der Waals surface area contributed by atoms with E-state index in [1.54, 1.807) is 0 Å². The normalized spacial score (nSPS) is 25.0. The third-order valence-electron chi connectivity index (χ3n) is 7.06. The summed E-state index contributed by atoms with van der Waals surface area (Å²) in [5, 5.41) is 3.32. The number of rotatable bonds is 4. The summed E-state index contributed by atoms with van der Waals surface area (Å²) in [7, 11) is 0. The van der Waals surface area contributed by atoms with E-state index in [0.717, 1.165) is 81.8 Å². The van der Waals surface area contributed by atoms with Crippen LogP contribution in [0.5, 0.6) is 0 Å². The molecule has 1 aromatic heterocycles. The Balaban J connectivity index is 1.15. The summed E-state index contributed by atoms with van der Waals surface area (Å²) in [4.78, 5) is 22.2. The number of anilines is 1. The van der Waals surface area contributed by atoms with Crippen LogP contribution in [0.1, 0.15) is 51.4 Å². The third kappa shape index (κ3) is 4.13. The van der Waals surface area contributed by atoms with Gasteiger partial charge in [0, 0.05) is 31.7 Å². The zero-order chi connectivity index (χ0) is 19.6. The first-order valence-corrected chi connectivity index (χ1v) is 11.4. The second kappa shape index (κ2) is 8.34. The van der Waals surface area contributed by atoms with Gasteiger partial charge in [-0.1, -0.05) is 25.0 Å². The Labute approximate surface area is 172 Å². The number of carbonyl (C=O) groups is 1. The van der Waals surface area contributed by atoms with Crippen molar-refractivity contribution in [3.05, 3.63) is 24.3 Å². The molecule has 2 aliphatic heterocycles. The molecule has 1 amide bonds. The highest BCUT2D eigenvalue weighted by atomic mass is 16.4. The Bertz CT molecular complexity index is 803. The number of piperidine rings is 2. The van der Waals surface area contributed by atoms with Crippen molar-refractivity contribution in [3.63, 3.8) is 0 Å². The molecule has 156 valence electrons. The average molecular weight is 397 g/mol. The number of oxazole rings is 1. The van der Waals surface area contributed by atoms with Gasteiger partial charge in [-0.3, -0.25) is 9.69 Å². The first-order valence-electron chi connectivity index (χ1n) is 11.4. The summed E-state index contributed by atoms with van der Waals surface area (Å²) >= 11 is 0. The number of amides is 1. The largest absolute Gasteiger partial charge is 0.423 e. The lowest BCUT2D eigenvalue weighted by atomic mass is 9.93. The van der Waals surface area contributed by atoms with Gasteiger partial charge in [0.05, 0.1) is 5.92 Å². The van der Waals surface area contributed by atoms with E-state index in [9.17, 15) is 4.79 Å². The summed E-state index contributed by atoms with van der Waals surface area (Å²) in [5.41, 5.74) is 1.79. The minimum absolute atomic E-state index is 0.166. The van der Waals surface area contributed by atoms with Crippen molar-refractivity contribution in [1.82, 2.24) is 15.2 Å². The van der Waals surface area contributed by atoms with Crippen molar-refractivity contribution in [2.45, 2.75) is 63.5 Å². The fourth-order valence-electron chi connectivity index (χ4n) is 5.36. The molecule has 1 N–H and O–H groups in total. The Kier molecular flexibility index (Phi) is 5.44. The van der Waals surface area contributed by atoms with Crippen LogP contribution in [-0.2, 0) is 4.79 Å². The van der Waals surface area contributed by atoms with Gasteiger partial charge in [-0.05, 0) is 57.2 Å². The van der Waals surface area contributed by atoms with Crippen LogP contribution in [-0.4, -0.2) is 54.1 Å². The van der Waals surface area contributed by atoms with Gasteiger partial charge in [-0.2, -0.15) is 4.98 Å². The molecule has 3 heterocycles. The summed E-state index contributed by atoms with van der Waals surface area (Å²) in [6.45, 7) is 3.98. The second-order valence-corrected chi connectivity index (χ2v) is 9.01. The molecule has 0 spiro atoms. The van der Waals surface area contributed by atoms with Crippen molar-refractivity contribution >= 4 is 23.0 Å². The molecule has 0 unspecified atom stereocenters. The number of hydrogen-bond acceptors (Lipinski definition) is 5. The predicted molar refractivity (Wildman–Crippen MR) is 114 cm³/mol. The Morgan fingerprint density at radius 3 is 2.59 bits per heavy atom. The van der Waals surface area contributed by atoms with Crippen LogP contribution in [0.4, 0.5) is 6.01 Å². The quantitative estimate of drug-likeness (QED) is 0.856. The second-order valence-electron chi connectivity index (χ2n) is 9.01. The maximum atomic E-state index is 12.7. The van der Waals surface area contributed by atoms with Crippen molar-refractivity contribution in [2.24, 2.45) is 5.92 Å². The summed E-state index contributed by atoms with van der Waals surface area (Å²) < 4.78 is 5.95. The first kappa shape index (κ1) is 18.9. The number of likely N-dealkylation sites (tertiary alicyclic amines) is 1. The van der Waals surface area contributed by atoms with Gasteiger partial charge in [-0.25, -0.2) is 0 Å². The highest BCUT2D eigenvalue weighted by Crippen LogP contribution is 2.28. The lowest BCUT2D eigenvalue weighted by molar-refractivity contribution is -0.127. The highest BCUT2D eigenvalue weighted by molar-refractivity contribution is 5.79. The van der Waals surface area contributed by atoms with E-state index in [2.05, 4.69) is 20.1 Å².